The maximum atomic E-state index is 12.5. The molecule has 4 aromatic rings. The average Bonchev–Trinajstić information content (AvgIpc) is 3.46. The summed E-state index contributed by atoms with van der Waals surface area (Å²) in [6.45, 7) is 2.15. The van der Waals surface area contributed by atoms with Gasteiger partial charge in [0, 0.05) is 21.8 Å². The van der Waals surface area contributed by atoms with Crippen LogP contribution in [0.15, 0.2) is 94.6 Å². The molecule has 4 rings (SSSR count). The van der Waals surface area contributed by atoms with Crippen LogP contribution in [-0.4, -0.2) is 30.6 Å². The summed E-state index contributed by atoms with van der Waals surface area (Å²) in [6.07, 6.45) is 2.81. The van der Waals surface area contributed by atoms with Crippen molar-refractivity contribution in [2.75, 3.05) is 11.9 Å². The molecule has 192 valence electrons. The predicted molar refractivity (Wildman–Crippen MR) is 142 cm³/mol. The molecule has 2 N–H and O–H groups in total. The van der Waals surface area contributed by atoms with Crippen LogP contribution >= 0.6 is 11.6 Å². The number of hydrogen-bond donors (Lipinski definition) is 2. The van der Waals surface area contributed by atoms with Gasteiger partial charge in [-0.2, -0.15) is 5.10 Å². The van der Waals surface area contributed by atoms with Gasteiger partial charge in [0.2, 0.25) is 5.76 Å². The highest BCUT2D eigenvalue weighted by Crippen LogP contribution is 2.29. The molecule has 10 heteroatoms. The van der Waals surface area contributed by atoms with Gasteiger partial charge in [-0.05, 0) is 91.3 Å². The predicted octanol–water partition coefficient (Wildman–Crippen LogP) is 5.57. The van der Waals surface area contributed by atoms with Crippen molar-refractivity contribution in [3.63, 3.8) is 0 Å². The minimum absolute atomic E-state index is 0.0674. The molecule has 2 amide bonds. The number of amides is 2. The van der Waals surface area contributed by atoms with Crippen LogP contribution in [0.4, 0.5) is 5.69 Å². The molecule has 0 saturated heterocycles. The number of nitrogens with zero attached hydrogens (tertiary/aromatic N) is 1. The summed E-state index contributed by atoms with van der Waals surface area (Å²) in [4.78, 5) is 37.0. The monoisotopic (exact) mass is 531 g/mol. The minimum Gasteiger partial charge on any atom is -0.490 e. The number of halogens is 1. The van der Waals surface area contributed by atoms with E-state index in [0.717, 1.165) is 0 Å². The Balaban J connectivity index is 1.35. The van der Waals surface area contributed by atoms with Gasteiger partial charge in [-0.1, -0.05) is 11.6 Å². The first-order valence-corrected chi connectivity index (χ1v) is 11.8. The summed E-state index contributed by atoms with van der Waals surface area (Å²) in [5.41, 5.74) is 4.39. The summed E-state index contributed by atoms with van der Waals surface area (Å²) in [6, 6.07) is 20.8. The SMILES string of the molecule is CCOc1cc(/C=N\NC(=O)c2ccc(NC(=O)c3ccc(Cl)cc3)cc2)ccc1OC(=O)c1ccco1. The van der Waals surface area contributed by atoms with E-state index in [0.29, 0.717) is 39.8 Å². The maximum Gasteiger partial charge on any atom is 0.379 e. The Kier molecular flexibility index (Phi) is 8.53. The zero-order chi connectivity index (χ0) is 26.9. The fourth-order valence-corrected chi connectivity index (χ4v) is 3.37. The number of hydrogen-bond acceptors (Lipinski definition) is 7. The Morgan fingerprint density at radius 3 is 2.32 bits per heavy atom. The van der Waals surface area contributed by atoms with E-state index in [1.165, 1.54) is 18.5 Å². The molecule has 0 aliphatic heterocycles. The quantitative estimate of drug-likeness (QED) is 0.126. The van der Waals surface area contributed by atoms with Crippen LogP contribution < -0.4 is 20.2 Å². The number of nitrogens with one attached hydrogen (secondary N) is 2. The zero-order valence-corrected chi connectivity index (χ0v) is 20.9. The van der Waals surface area contributed by atoms with Crippen LogP contribution in [0.2, 0.25) is 5.02 Å². The molecule has 0 bridgehead atoms. The molecule has 0 radical (unpaired) electrons. The molecular formula is C28H22ClN3O6. The number of hydrazone groups is 1. The van der Waals surface area contributed by atoms with E-state index < -0.39 is 11.9 Å². The number of benzene rings is 3. The van der Waals surface area contributed by atoms with Crippen LogP contribution in [0.3, 0.4) is 0 Å². The summed E-state index contributed by atoms with van der Waals surface area (Å²) >= 11 is 5.85. The van der Waals surface area contributed by atoms with Gasteiger partial charge >= 0.3 is 5.97 Å². The molecule has 38 heavy (non-hydrogen) atoms. The number of carbonyl (C=O) groups excluding carboxylic acids is 3. The second-order valence-corrected chi connectivity index (χ2v) is 8.18. The molecule has 0 saturated carbocycles. The van der Waals surface area contributed by atoms with E-state index in [1.807, 2.05) is 0 Å². The van der Waals surface area contributed by atoms with Crippen molar-refractivity contribution in [1.82, 2.24) is 5.43 Å². The van der Waals surface area contributed by atoms with Crippen molar-refractivity contribution in [2.24, 2.45) is 5.10 Å². The molecule has 3 aromatic carbocycles. The highest BCUT2D eigenvalue weighted by molar-refractivity contribution is 6.30. The summed E-state index contributed by atoms with van der Waals surface area (Å²) in [5.74, 6) is -0.767. The third-order valence-corrected chi connectivity index (χ3v) is 5.34. The molecule has 1 heterocycles. The lowest BCUT2D eigenvalue weighted by Crippen LogP contribution is -2.18. The highest BCUT2D eigenvalue weighted by atomic mass is 35.5. The highest BCUT2D eigenvalue weighted by Gasteiger charge is 2.15. The number of ether oxygens (including phenoxy) is 2. The van der Waals surface area contributed by atoms with E-state index >= 15 is 0 Å². The largest absolute Gasteiger partial charge is 0.490 e. The topological polar surface area (TPSA) is 119 Å². The van der Waals surface area contributed by atoms with Crippen molar-refractivity contribution >= 4 is 41.3 Å². The first kappa shape index (κ1) is 26.2. The molecule has 0 aliphatic carbocycles. The van der Waals surface area contributed by atoms with E-state index in [-0.39, 0.29) is 17.4 Å². The molecule has 1 aromatic heterocycles. The zero-order valence-electron chi connectivity index (χ0n) is 20.1. The number of furan rings is 1. The Bertz CT molecular complexity index is 1450. The van der Waals surface area contributed by atoms with Gasteiger partial charge in [-0.3, -0.25) is 9.59 Å². The standard InChI is InChI=1S/C28H22ClN3O6/c1-2-36-25-16-18(5-14-23(25)38-28(35)24-4-3-15-37-24)17-30-32-27(34)20-8-12-22(13-9-20)31-26(33)19-6-10-21(29)11-7-19/h3-17H,2H2,1H3,(H,31,33)(H,32,34)/b30-17-. The molecule has 0 fully saturated rings. The number of carbonyl (C=O) groups is 3. The van der Waals surface area contributed by atoms with Gasteiger partial charge in [-0.25, -0.2) is 10.2 Å². The molecule has 0 unspecified atom stereocenters. The second-order valence-electron chi connectivity index (χ2n) is 7.74. The third-order valence-electron chi connectivity index (χ3n) is 5.08. The lowest BCUT2D eigenvalue weighted by Gasteiger charge is -2.10. The van der Waals surface area contributed by atoms with E-state index in [9.17, 15) is 14.4 Å². The second kappa shape index (κ2) is 12.4. The first-order chi connectivity index (χ1) is 18.4. The van der Waals surface area contributed by atoms with Crippen LogP contribution in [0.25, 0.3) is 0 Å². The van der Waals surface area contributed by atoms with Gasteiger partial charge in [0.05, 0.1) is 19.1 Å². The summed E-state index contributed by atoms with van der Waals surface area (Å²) in [5, 5.41) is 7.28. The smallest absolute Gasteiger partial charge is 0.379 e. The van der Waals surface area contributed by atoms with Gasteiger partial charge in [0.1, 0.15) is 0 Å². The van der Waals surface area contributed by atoms with Crippen LogP contribution in [0, 0.1) is 0 Å². The molecule has 9 nitrogen and oxygen atoms in total. The van der Waals surface area contributed by atoms with Crippen molar-refractivity contribution in [3.8, 4) is 11.5 Å². The number of esters is 1. The normalized spacial score (nSPS) is 10.7. The summed E-state index contributed by atoms with van der Waals surface area (Å²) < 4.78 is 16.0. The minimum atomic E-state index is -0.653. The van der Waals surface area contributed by atoms with Crippen LogP contribution in [-0.2, 0) is 0 Å². The van der Waals surface area contributed by atoms with Gasteiger partial charge in [0.15, 0.2) is 11.5 Å². The molecular weight excluding hydrogens is 510 g/mol. The molecule has 0 atom stereocenters. The van der Waals surface area contributed by atoms with E-state index in [4.69, 9.17) is 25.5 Å². The van der Waals surface area contributed by atoms with E-state index in [2.05, 4.69) is 15.8 Å². The average molecular weight is 532 g/mol. The number of anilines is 1. The molecule has 0 aliphatic rings. The van der Waals surface area contributed by atoms with Crippen molar-refractivity contribution in [3.05, 3.63) is 113 Å². The van der Waals surface area contributed by atoms with Gasteiger partial charge in [0.25, 0.3) is 11.8 Å². The van der Waals surface area contributed by atoms with Gasteiger partial charge < -0.3 is 19.2 Å². The lowest BCUT2D eigenvalue weighted by atomic mass is 10.1. The Morgan fingerprint density at radius 2 is 1.63 bits per heavy atom. The fraction of sp³-hybridized carbons (Fsp3) is 0.0714. The Labute approximate surface area is 223 Å². The third kappa shape index (κ3) is 6.86. The van der Waals surface area contributed by atoms with Crippen molar-refractivity contribution < 1.29 is 28.3 Å². The van der Waals surface area contributed by atoms with Crippen molar-refractivity contribution in [1.29, 1.82) is 0 Å². The fourth-order valence-electron chi connectivity index (χ4n) is 3.24. The maximum absolute atomic E-state index is 12.5. The van der Waals surface area contributed by atoms with E-state index in [1.54, 1.807) is 79.7 Å². The Morgan fingerprint density at radius 1 is 0.921 bits per heavy atom. The van der Waals surface area contributed by atoms with Crippen molar-refractivity contribution in [2.45, 2.75) is 6.92 Å². The Hall–Kier alpha value is -4.89. The lowest BCUT2D eigenvalue weighted by molar-refractivity contribution is 0.0694. The number of rotatable bonds is 9. The summed E-state index contributed by atoms with van der Waals surface area (Å²) in [7, 11) is 0. The molecule has 0 spiro atoms. The van der Waals surface area contributed by atoms with Crippen LogP contribution in [0.5, 0.6) is 11.5 Å². The van der Waals surface area contributed by atoms with Gasteiger partial charge in [-0.15, -0.1) is 0 Å². The first-order valence-electron chi connectivity index (χ1n) is 11.5. The van der Waals surface area contributed by atoms with Crippen LogP contribution in [0.1, 0.15) is 43.8 Å².